The normalized spacial score (nSPS) is 11.7. The van der Waals surface area contributed by atoms with Crippen LogP contribution in [0.25, 0.3) is 0 Å². The van der Waals surface area contributed by atoms with Crippen molar-refractivity contribution in [2.45, 2.75) is 38.3 Å². The summed E-state index contributed by atoms with van der Waals surface area (Å²) in [7, 11) is 0. The van der Waals surface area contributed by atoms with Crippen LogP contribution < -0.4 is 0 Å². The third-order valence-corrected chi connectivity index (χ3v) is 2.47. The average Bonchev–Trinajstić information content (AvgIpc) is 2.14. The van der Waals surface area contributed by atoms with Crippen molar-refractivity contribution in [1.29, 1.82) is 0 Å². The monoisotopic (exact) mass is 256 g/mol. The predicted molar refractivity (Wildman–Crippen MR) is 63.6 cm³/mol. The molecule has 0 aromatic heterocycles. The smallest absolute Gasteiger partial charge is 0.0724 e. The fourth-order valence-corrected chi connectivity index (χ4v) is 1.45. The second-order valence-corrected chi connectivity index (χ2v) is 4.92. The molecule has 0 aliphatic carbocycles. The highest BCUT2D eigenvalue weighted by molar-refractivity contribution is 9.08. The zero-order chi connectivity index (χ0) is 10.6. The summed E-state index contributed by atoms with van der Waals surface area (Å²) in [5.41, 5.74) is 2.46. The molecule has 1 aromatic carbocycles. The van der Waals surface area contributed by atoms with E-state index in [-0.39, 0.29) is 5.60 Å². The maximum Gasteiger partial charge on any atom is 0.0724 e. The molecule has 0 heterocycles. The molecule has 1 rings (SSSR count). The van der Waals surface area contributed by atoms with Gasteiger partial charge >= 0.3 is 0 Å². The van der Waals surface area contributed by atoms with E-state index in [2.05, 4.69) is 61.0 Å². The van der Waals surface area contributed by atoms with E-state index in [9.17, 15) is 0 Å². The molecule has 0 saturated carbocycles. The predicted octanol–water partition coefficient (Wildman–Crippen LogP) is 3.90. The summed E-state index contributed by atoms with van der Waals surface area (Å²) in [5.74, 6) is 0. The Morgan fingerprint density at radius 3 is 2.43 bits per heavy atom. The maximum absolute atomic E-state index is 5.70. The lowest BCUT2D eigenvalue weighted by molar-refractivity contribution is -0.0149. The van der Waals surface area contributed by atoms with E-state index in [1.165, 1.54) is 11.1 Å². The van der Waals surface area contributed by atoms with E-state index in [0.29, 0.717) is 6.61 Å². The first kappa shape index (κ1) is 11.7. The molecule has 0 amide bonds. The van der Waals surface area contributed by atoms with Gasteiger partial charge < -0.3 is 4.74 Å². The van der Waals surface area contributed by atoms with E-state index in [1.807, 2.05) is 0 Å². The van der Waals surface area contributed by atoms with Crippen LogP contribution in [0, 0.1) is 0 Å². The molecule has 1 aromatic rings. The Balaban J connectivity index is 2.59. The molecule has 0 unspecified atom stereocenters. The molecule has 0 atom stereocenters. The highest BCUT2D eigenvalue weighted by Gasteiger charge is 2.09. The second-order valence-electron chi connectivity index (χ2n) is 4.35. The van der Waals surface area contributed by atoms with Crippen LogP contribution in [0.4, 0.5) is 0 Å². The van der Waals surface area contributed by atoms with Crippen LogP contribution in [-0.4, -0.2) is 5.60 Å². The van der Waals surface area contributed by atoms with Crippen LogP contribution in [0.15, 0.2) is 24.3 Å². The van der Waals surface area contributed by atoms with Crippen LogP contribution >= 0.6 is 15.9 Å². The van der Waals surface area contributed by atoms with E-state index >= 15 is 0 Å². The van der Waals surface area contributed by atoms with Gasteiger partial charge in [-0.2, -0.15) is 0 Å². The molecule has 0 saturated heterocycles. The van der Waals surface area contributed by atoms with Gasteiger partial charge in [-0.1, -0.05) is 40.2 Å². The number of hydrogen-bond donors (Lipinski definition) is 0. The second kappa shape index (κ2) is 4.94. The lowest BCUT2D eigenvalue weighted by Gasteiger charge is -2.19. The van der Waals surface area contributed by atoms with Crippen molar-refractivity contribution in [2.75, 3.05) is 0 Å². The third-order valence-electron chi connectivity index (χ3n) is 1.82. The van der Waals surface area contributed by atoms with Crippen molar-refractivity contribution in [3.8, 4) is 0 Å². The molecule has 1 nitrogen and oxygen atoms in total. The Hall–Kier alpha value is -0.340. The van der Waals surface area contributed by atoms with Gasteiger partial charge in [-0.25, -0.2) is 0 Å². The molecule has 0 aliphatic heterocycles. The Labute approximate surface area is 94.6 Å². The molecule has 2 heteroatoms. The van der Waals surface area contributed by atoms with E-state index < -0.39 is 0 Å². The van der Waals surface area contributed by atoms with Gasteiger partial charge in [-0.15, -0.1) is 0 Å². The van der Waals surface area contributed by atoms with Crippen molar-refractivity contribution >= 4 is 15.9 Å². The summed E-state index contributed by atoms with van der Waals surface area (Å²) in [5, 5.41) is 0.899. The maximum atomic E-state index is 5.70. The minimum atomic E-state index is -0.0651. The van der Waals surface area contributed by atoms with Gasteiger partial charge in [0.15, 0.2) is 0 Å². The number of hydrogen-bond acceptors (Lipinski definition) is 1. The third kappa shape index (κ3) is 4.25. The van der Waals surface area contributed by atoms with Crippen LogP contribution in [0.1, 0.15) is 31.9 Å². The van der Waals surface area contributed by atoms with Crippen molar-refractivity contribution in [3.63, 3.8) is 0 Å². The first-order valence-corrected chi connectivity index (χ1v) is 5.91. The van der Waals surface area contributed by atoms with Crippen LogP contribution in [0.3, 0.4) is 0 Å². The lowest BCUT2D eigenvalue weighted by atomic mass is 10.1. The van der Waals surface area contributed by atoms with E-state index in [1.54, 1.807) is 0 Å². The minimum absolute atomic E-state index is 0.0651. The summed E-state index contributed by atoms with van der Waals surface area (Å²) in [4.78, 5) is 0. The Morgan fingerprint density at radius 1 is 1.21 bits per heavy atom. The molecule has 0 bridgehead atoms. The first-order valence-electron chi connectivity index (χ1n) is 4.79. The molecular weight excluding hydrogens is 240 g/mol. The van der Waals surface area contributed by atoms with Gasteiger partial charge in [0.25, 0.3) is 0 Å². The molecule has 0 radical (unpaired) electrons. The molecule has 0 N–H and O–H groups in total. The van der Waals surface area contributed by atoms with Crippen LogP contribution in [0.5, 0.6) is 0 Å². The fraction of sp³-hybridized carbons (Fsp3) is 0.500. The van der Waals surface area contributed by atoms with Gasteiger partial charge in [-0.05, 0) is 31.9 Å². The zero-order valence-electron chi connectivity index (χ0n) is 9.01. The quantitative estimate of drug-likeness (QED) is 0.746. The highest BCUT2D eigenvalue weighted by atomic mass is 79.9. The van der Waals surface area contributed by atoms with Crippen molar-refractivity contribution in [3.05, 3.63) is 35.4 Å². The summed E-state index contributed by atoms with van der Waals surface area (Å²) < 4.78 is 5.70. The van der Waals surface area contributed by atoms with E-state index in [0.717, 1.165) is 5.33 Å². The van der Waals surface area contributed by atoms with Gasteiger partial charge in [0, 0.05) is 5.33 Å². The zero-order valence-corrected chi connectivity index (χ0v) is 10.6. The number of rotatable bonds is 3. The van der Waals surface area contributed by atoms with Crippen LogP contribution in [0.2, 0.25) is 0 Å². The Morgan fingerprint density at radius 2 is 1.86 bits per heavy atom. The molecule has 0 aliphatic rings. The van der Waals surface area contributed by atoms with Gasteiger partial charge in [0.05, 0.1) is 12.2 Å². The molecular formula is C12H17BrO. The van der Waals surface area contributed by atoms with E-state index in [4.69, 9.17) is 4.74 Å². The van der Waals surface area contributed by atoms with Crippen molar-refractivity contribution in [1.82, 2.24) is 0 Å². The number of halogens is 1. The minimum Gasteiger partial charge on any atom is -0.371 e. The number of benzene rings is 1. The standard InChI is InChI=1S/C12H17BrO/c1-12(2,3)14-9-11-6-4-5-10(7-11)8-13/h4-7H,8-9H2,1-3H3. The first-order chi connectivity index (χ1) is 6.51. The van der Waals surface area contributed by atoms with Gasteiger partial charge in [0.1, 0.15) is 0 Å². The Kier molecular flexibility index (Phi) is 4.14. The summed E-state index contributed by atoms with van der Waals surface area (Å²) >= 11 is 3.44. The average molecular weight is 257 g/mol. The van der Waals surface area contributed by atoms with Crippen molar-refractivity contribution in [2.24, 2.45) is 0 Å². The highest BCUT2D eigenvalue weighted by Crippen LogP contribution is 2.14. The molecule has 0 fully saturated rings. The summed E-state index contributed by atoms with van der Waals surface area (Å²) in [6.07, 6.45) is 0. The molecule has 0 spiro atoms. The summed E-state index contributed by atoms with van der Waals surface area (Å²) in [6.45, 7) is 6.90. The summed E-state index contributed by atoms with van der Waals surface area (Å²) in [6, 6.07) is 8.44. The van der Waals surface area contributed by atoms with Gasteiger partial charge in [-0.3, -0.25) is 0 Å². The molecule has 78 valence electrons. The van der Waals surface area contributed by atoms with Gasteiger partial charge in [0.2, 0.25) is 0 Å². The number of alkyl halides is 1. The largest absolute Gasteiger partial charge is 0.371 e. The molecule has 14 heavy (non-hydrogen) atoms. The lowest BCUT2D eigenvalue weighted by Crippen LogP contribution is -2.18. The SMILES string of the molecule is CC(C)(C)OCc1cccc(CBr)c1. The fourth-order valence-electron chi connectivity index (χ4n) is 1.10. The van der Waals surface area contributed by atoms with Crippen molar-refractivity contribution < 1.29 is 4.74 Å². The Bertz CT molecular complexity index is 289. The van der Waals surface area contributed by atoms with Crippen LogP contribution in [-0.2, 0) is 16.7 Å². The number of ether oxygens (including phenoxy) is 1. The topological polar surface area (TPSA) is 9.23 Å².